The topological polar surface area (TPSA) is 74.2 Å². The largest absolute Gasteiger partial charge is 0.397 e. The molecule has 0 unspecified atom stereocenters. The van der Waals surface area contributed by atoms with Crippen LogP contribution >= 0.6 is 0 Å². The molecule has 1 fully saturated rings. The molecule has 0 bridgehead atoms. The molecule has 5 nitrogen and oxygen atoms in total. The second kappa shape index (κ2) is 5.77. The zero-order valence-corrected chi connectivity index (χ0v) is 12.4. The van der Waals surface area contributed by atoms with Gasteiger partial charge in [0, 0.05) is 24.5 Å². The number of aromatic amines is 1. The molecule has 21 heavy (non-hydrogen) atoms. The number of rotatable bonds is 6. The minimum atomic E-state index is -0.0718. The number of fused-ring (bicyclic) bond motifs is 1. The van der Waals surface area contributed by atoms with Crippen molar-refractivity contribution in [2.75, 3.05) is 25.4 Å². The zero-order chi connectivity index (χ0) is 14.8. The minimum absolute atomic E-state index is 0.0718. The Bertz CT molecular complexity index is 645. The van der Waals surface area contributed by atoms with Crippen molar-refractivity contribution in [3.63, 3.8) is 0 Å². The van der Waals surface area contributed by atoms with E-state index in [0.717, 1.165) is 30.0 Å². The molecule has 0 radical (unpaired) electrons. The number of aromatic nitrogens is 1. The van der Waals surface area contributed by atoms with E-state index in [1.54, 1.807) is 0 Å². The van der Waals surface area contributed by atoms with Crippen molar-refractivity contribution in [2.24, 2.45) is 0 Å². The first kappa shape index (κ1) is 13.9. The van der Waals surface area contributed by atoms with Gasteiger partial charge < -0.3 is 16.0 Å². The van der Waals surface area contributed by atoms with Crippen molar-refractivity contribution in [3.8, 4) is 0 Å². The van der Waals surface area contributed by atoms with Gasteiger partial charge in [-0.05, 0) is 31.5 Å². The zero-order valence-electron chi connectivity index (χ0n) is 12.4. The molecule has 1 aromatic heterocycles. The van der Waals surface area contributed by atoms with Gasteiger partial charge in [-0.2, -0.15) is 0 Å². The number of carbonyl (C=O) groups excluding carboxylic acids is 1. The van der Waals surface area contributed by atoms with Gasteiger partial charge in [-0.1, -0.05) is 19.1 Å². The molecule has 5 heteroatoms. The molecule has 1 saturated carbocycles. The number of hydrogen-bond donors (Lipinski definition) is 3. The van der Waals surface area contributed by atoms with Gasteiger partial charge in [0.2, 0.25) is 0 Å². The van der Waals surface area contributed by atoms with E-state index in [0.29, 0.717) is 17.9 Å². The van der Waals surface area contributed by atoms with E-state index in [9.17, 15) is 4.79 Å². The number of para-hydroxylation sites is 1. The molecule has 1 aliphatic carbocycles. The average Bonchev–Trinajstić information content (AvgIpc) is 3.21. The van der Waals surface area contributed by atoms with Crippen LogP contribution in [0.25, 0.3) is 10.9 Å². The molecule has 4 N–H and O–H groups in total. The maximum atomic E-state index is 12.2. The lowest BCUT2D eigenvalue weighted by molar-refractivity contribution is 0.0944. The Balaban J connectivity index is 1.60. The van der Waals surface area contributed by atoms with Crippen LogP contribution in [0.1, 0.15) is 30.3 Å². The maximum absolute atomic E-state index is 12.2. The number of nitrogen functional groups attached to an aromatic ring is 1. The molecule has 1 heterocycles. The summed E-state index contributed by atoms with van der Waals surface area (Å²) in [6.45, 7) is 4.80. The van der Waals surface area contributed by atoms with E-state index < -0.39 is 0 Å². The van der Waals surface area contributed by atoms with Gasteiger partial charge >= 0.3 is 0 Å². The fourth-order valence-corrected chi connectivity index (χ4v) is 2.75. The summed E-state index contributed by atoms with van der Waals surface area (Å²) < 4.78 is 0. The lowest BCUT2D eigenvalue weighted by atomic mass is 10.2. The molecule has 0 aliphatic heterocycles. The highest BCUT2D eigenvalue weighted by Gasteiger charge is 2.27. The first-order chi connectivity index (χ1) is 10.2. The number of benzene rings is 1. The summed E-state index contributed by atoms with van der Waals surface area (Å²) in [4.78, 5) is 17.7. The quantitative estimate of drug-likeness (QED) is 0.711. The summed E-state index contributed by atoms with van der Waals surface area (Å²) in [6.07, 6.45) is 2.59. The number of hydrogen-bond acceptors (Lipinski definition) is 3. The Labute approximate surface area is 124 Å². The highest BCUT2D eigenvalue weighted by Crippen LogP contribution is 2.25. The first-order valence-corrected chi connectivity index (χ1v) is 7.58. The van der Waals surface area contributed by atoms with Gasteiger partial charge in [0.1, 0.15) is 5.69 Å². The Morgan fingerprint density at radius 2 is 2.29 bits per heavy atom. The number of anilines is 1. The normalized spacial score (nSPS) is 14.8. The van der Waals surface area contributed by atoms with Crippen LogP contribution in [0.15, 0.2) is 24.3 Å². The smallest absolute Gasteiger partial charge is 0.267 e. The summed E-state index contributed by atoms with van der Waals surface area (Å²) >= 11 is 0. The lowest BCUT2D eigenvalue weighted by Crippen LogP contribution is -2.36. The molecule has 3 rings (SSSR count). The number of H-pyrrole nitrogens is 1. The molecule has 1 aromatic carbocycles. The number of carbonyl (C=O) groups is 1. The van der Waals surface area contributed by atoms with Crippen molar-refractivity contribution >= 4 is 22.5 Å². The van der Waals surface area contributed by atoms with E-state index in [1.807, 2.05) is 24.3 Å². The highest BCUT2D eigenvalue weighted by molar-refractivity contribution is 6.00. The summed E-state index contributed by atoms with van der Waals surface area (Å²) in [6, 6.07) is 8.25. The molecular weight excluding hydrogens is 264 g/mol. The van der Waals surface area contributed by atoms with Gasteiger partial charge in [-0.15, -0.1) is 0 Å². The van der Waals surface area contributed by atoms with Crippen LogP contribution in [0, 0.1) is 0 Å². The van der Waals surface area contributed by atoms with Gasteiger partial charge in [0.05, 0.1) is 11.2 Å². The van der Waals surface area contributed by atoms with Crippen molar-refractivity contribution in [2.45, 2.75) is 25.8 Å². The predicted molar refractivity (Wildman–Crippen MR) is 85.3 cm³/mol. The van der Waals surface area contributed by atoms with E-state index in [1.165, 1.54) is 12.8 Å². The summed E-state index contributed by atoms with van der Waals surface area (Å²) in [5, 5.41) is 3.94. The lowest BCUT2D eigenvalue weighted by Gasteiger charge is -2.19. The predicted octanol–water partition coefficient (Wildman–Crippen LogP) is 1.96. The second-order valence-corrected chi connectivity index (χ2v) is 5.61. The van der Waals surface area contributed by atoms with Gasteiger partial charge in [0.25, 0.3) is 5.91 Å². The van der Waals surface area contributed by atoms with Crippen LogP contribution in [0.5, 0.6) is 0 Å². The molecular formula is C16H22N4O. The number of nitrogens with one attached hydrogen (secondary N) is 2. The van der Waals surface area contributed by atoms with Gasteiger partial charge in [-0.3, -0.25) is 9.69 Å². The third-order valence-electron chi connectivity index (χ3n) is 4.09. The van der Waals surface area contributed by atoms with E-state index >= 15 is 0 Å². The van der Waals surface area contributed by atoms with Crippen molar-refractivity contribution < 1.29 is 4.79 Å². The van der Waals surface area contributed by atoms with Gasteiger partial charge in [0.15, 0.2) is 0 Å². The summed E-state index contributed by atoms with van der Waals surface area (Å²) in [5.41, 5.74) is 7.96. The molecule has 1 aliphatic rings. The van der Waals surface area contributed by atoms with E-state index in [4.69, 9.17) is 5.73 Å². The Kier molecular flexibility index (Phi) is 3.84. The third kappa shape index (κ3) is 3.03. The van der Waals surface area contributed by atoms with E-state index in [2.05, 4.69) is 22.1 Å². The van der Waals surface area contributed by atoms with Crippen molar-refractivity contribution in [3.05, 3.63) is 30.0 Å². The van der Waals surface area contributed by atoms with Crippen LogP contribution in [0.2, 0.25) is 0 Å². The third-order valence-corrected chi connectivity index (χ3v) is 4.09. The van der Waals surface area contributed by atoms with E-state index in [-0.39, 0.29) is 5.91 Å². The van der Waals surface area contributed by atoms with Crippen LogP contribution in [-0.2, 0) is 0 Å². The SMILES string of the molecule is CCN(CCNC(=O)c1cc2cccc(N)c2[nH]1)C1CC1. The van der Waals surface area contributed by atoms with Gasteiger partial charge in [-0.25, -0.2) is 0 Å². The molecule has 0 spiro atoms. The molecule has 2 aromatic rings. The molecule has 0 saturated heterocycles. The number of likely N-dealkylation sites (N-methyl/N-ethyl adjacent to an activating group) is 1. The second-order valence-electron chi connectivity index (χ2n) is 5.61. The standard InChI is InChI=1S/C16H22N4O/c1-2-20(12-6-7-12)9-8-18-16(21)14-10-11-4-3-5-13(17)15(11)19-14/h3-5,10,12,19H,2,6-9,17H2,1H3,(H,18,21). The highest BCUT2D eigenvalue weighted by atomic mass is 16.1. The fraction of sp³-hybridized carbons (Fsp3) is 0.438. The summed E-state index contributed by atoms with van der Waals surface area (Å²) in [5.74, 6) is -0.0718. The molecule has 112 valence electrons. The Morgan fingerprint density at radius 1 is 1.48 bits per heavy atom. The van der Waals surface area contributed by atoms with Crippen LogP contribution in [0.3, 0.4) is 0 Å². The first-order valence-electron chi connectivity index (χ1n) is 7.58. The average molecular weight is 286 g/mol. The number of nitrogens with zero attached hydrogens (tertiary/aromatic N) is 1. The van der Waals surface area contributed by atoms with Crippen molar-refractivity contribution in [1.82, 2.24) is 15.2 Å². The number of nitrogens with two attached hydrogens (primary N) is 1. The Morgan fingerprint density at radius 3 is 2.95 bits per heavy atom. The summed E-state index contributed by atoms with van der Waals surface area (Å²) in [7, 11) is 0. The van der Waals surface area contributed by atoms with Crippen LogP contribution in [-0.4, -0.2) is 41.5 Å². The maximum Gasteiger partial charge on any atom is 0.267 e. The van der Waals surface area contributed by atoms with Crippen LogP contribution < -0.4 is 11.1 Å². The van der Waals surface area contributed by atoms with Crippen LogP contribution in [0.4, 0.5) is 5.69 Å². The Hall–Kier alpha value is -2.01. The molecule has 0 atom stereocenters. The minimum Gasteiger partial charge on any atom is -0.397 e. The monoisotopic (exact) mass is 286 g/mol. The molecule has 1 amide bonds. The fourth-order valence-electron chi connectivity index (χ4n) is 2.75. The van der Waals surface area contributed by atoms with Crippen molar-refractivity contribution in [1.29, 1.82) is 0 Å². The number of amides is 1.